The first-order valence-electron chi connectivity index (χ1n) is 7.05. The second kappa shape index (κ2) is 5.49. The minimum absolute atomic E-state index is 0.0268. The molecule has 0 unspecified atom stereocenters. The number of carbonyl (C=O) groups excluding carboxylic acids is 2. The lowest BCUT2D eigenvalue weighted by atomic mass is 9.88. The van der Waals surface area contributed by atoms with Crippen LogP contribution in [0.2, 0.25) is 0 Å². The highest BCUT2D eigenvalue weighted by molar-refractivity contribution is 5.84. The van der Waals surface area contributed by atoms with E-state index in [9.17, 15) is 9.59 Å². The molecule has 2 saturated heterocycles. The zero-order valence-electron chi connectivity index (χ0n) is 12.1. The van der Waals surface area contributed by atoms with Gasteiger partial charge in [-0.15, -0.1) is 0 Å². The van der Waals surface area contributed by atoms with Gasteiger partial charge in [0.05, 0.1) is 12.7 Å². The van der Waals surface area contributed by atoms with Gasteiger partial charge >= 0.3 is 0 Å². The van der Waals surface area contributed by atoms with Crippen molar-refractivity contribution < 1.29 is 14.3 Å². The van der Waals surface area contributed by atoms with Crippen molar-refractivity contribution in [2.75, 3.05) is 26.2 Å². The van der Waals surface area contributed by atoms with Crippen LogP contribution >= 0.6 is 0 Å². The number of ether oxygens (including phenoxy) is 1. The Balaban J connectivity index is 2.01. The minimum Gasteiger partial charge on any atom is -0.374 e. The second-order valence-electron chi connectivity index (χ2n) is 6.51. The minimum atomic E-state index is -0.254. The van der Waals surface area contributed by atoms with Crippen LogP contribution in [0.1, 0.15) is 33.6 Å². The molecule has 2 heterocycles. The zero-order valence-corrected chi connectivity index (χ0v) is 12.1. The molecule has 2 atom stereocenters. The van der Waals surface area contributed by atoms with E-state index in [0.717, 1.165) is 19.3 Å². The zero-order chi connectivity index (χ0) is 14.0. The van der Waals surface area contributed by atoms with E-state index in [1.54, 1.807) is 4.90 Å². The molecule has 2 rings (SSSR count). The van der Waals surface area contributed by atoms with E-state index in [4.69, 9.17) is 4.74 Å². The lowest BCUT2D eigenvalue weighted by Gasteiger charge is -2.40. The maximum Gasteiger partial charge on any atom is 0.245 e. The molecule has 19 heavy (non-hydrogen) atoms. The van der Waals surface area contributed by atoms with Crippen molar-refractivity contribution in [1.29, 1.82) is 0 Å². The van der Waals surface area contributed by atoms with Crippen molar-refractivity contribution in [3.05, 3.63) is 0 Å². The summed E-state index contributed by atoms with van der Waals surface area (Å²) in [6.45, 7) is 8.92. The lowest BCUT2D eigenvalue weighted by molar-refractivity contribution is -0.149. The van der Waals surface area contributed by atoms with Crippen molar-refractivity contribution in [1.82, 2.24) is 9.80 Å². The number of nitrogens with zero attached hydrogens (tertiary/aromatic N) is 2. The Morgan fingerprint density at radius 3 is 2.68 bits per heavy atom. The van der Waals surface area contributed by atoms with Crippen molar-refractivity contribution in [2.45, 2.75) is 45.8 Å². The number of hydrogen-bond donors (Lipinski definition) is 0. The molecule has 2 amide bonds. The molecule has 5 nitrogen and oxygen atoms in total. The number of amides is 2. The molecular formula is C14H24N2O3. The first-order valence-corrected chi connectivity index (χ1v) is 7.05. The molecular weight excluding hydrogens is 244 g/mol. The largest absolute Gasteiger partial charge is 0.374 e. The van der Waals surface area contributed by atoms with E-state index in [1.165, 1.54) is 0 Å². The normalized spacial score (nSPS) is 28.6. The molecule has 0 spiro atoms. The summed E-state index contributed by atoms with van der Waals surface area (Å²) in [5.74, 6) is 0.0853. The molecule has 2 aliphatic heterocycles. The van der Waals surface area contributed by atoms with Gasteiger partial charge in [-0.3, -0.25) is 9.59 Å². The molecule has 0 radical (unpaired) electrons. The Kier molecular flexibility index (Phi) is 4.13. The summed E-state index contributed by atoms with van der Waals surface area (Å²) in [5.41, 5.74) is 0.0268. The smallest absolute Gasteiger partial charge is 0.245 e. The third kappa shape index (κ3) is 3.08. The fourth-order valence-electron chi connectivity index (χ4n) is 2.76. The highest BCUT2D eigenvalue weighted by Crippen LogP contribution is 2.26. The second-order valence-corrected chi connectivity index (χ2v) is 6.51. The first-order chi connectivity index (χ1) is 8.93. The van der Waals surface area contributed by atoms with Crippen LogP contribution in [0.4, 0.5) is 0 Å². The maximum absolute atomic E-state index is 12.5. The Morgan fingerprint density at radius 1 is 1.32 bits per heavy atom. The molecule has 0 aliphatic carbocycles. The number of morpholine rings is 1. The van der Waals surface area contributed by atoms with Crippen molar-refractivity contribution in [2.24, 2.45) is 5.41 Å². The van der Waals surface area contributed by atoms with Crippen molar-refractivity contribution in [3.63, 3.8) is 0 Å². The fraction of sp³-hybridized carbons (Fsp3) is 0.857. The quantitative estimate of drug-likeness (QED) is 0.699. The molecule has 108 valence electrons. The van der Waals surface area contributed by atoms with Gasteiger partial charge in [-0.25, -0.2) is 0 Å². The molecule has 5 heteroatoms. The molecule has 0 aromatic heterocycles. The highest BCUT2D eigenvalue weighted by Gasteiger charge is 2.37. The van der Waals surface area contributed by atoms with Crippen molar-refractivity contribution in [3.8, 4) is 0 Å². The van der Waals surface area contributed by atoms with E-state index in [0.29, 0.717) is 26.2 Å². The molecule has 2 fully saturated rings. The summed E-state index contributed by atoms with van der Waals surface area (Å²) in [5, 5.41) is 0. The summed E-state index contributed by atoms with van der Waals surface area (Å²) in [7, 11) is 0. The summed E-state index contributed by atoms with van der Waals surface area (Å²) >= 11 is 0. The highest BCUT2D eigenvalue weighted by atomic mass is 16.5. The van der Waals surface area contributed by atoms with Crippen LogP contribution in [0.3, 0.4) is 0 Å². The van der Waals surface area contributed by atoms with Gasteiger partial charge in [0.15, 0.2) is 0 Å². The van der Waals surface area contributed by atoms with E-state index >= 15 is 0 Å². The molecule has 0 aromatic rings. The Hall–Kier alpha value is -1.10. The molecule has 0 N–H and O–H groups in total. The summed E-state index contributed by atoms with van der Waals surface area (Å²) in [6, 6.07) is -0.254. The third-order valence-corrected chi connectivity index (χ3v) is 4.06. The van der Waals surface area contributed by atoms with Gasteiger partial charge < -0.3 is 14.5 Å². The molecule has 0 bridgehead atoms. The van der Waals surface area contributed by atoms with E-state index in [-0.39, 0.29) is 23.5 Å². The SMILES string of the molecule is CC(C)(C)[C@H]1CN(C(=O)[C@@H]2CCCN2C=O)CCO1. The van der Waals surface area contributed by atoms with Gasteiger partial charge in [0.2, 0.25) is 12.3 Å². The van der Waals surface area contributed by atoms with Crippen LogP contribution in [0.25, 0.3) is 0 Å². The van der Waals surface area contributed by atoms with E-state index in [2.05, 4.69) is 20.8 Å². The van der Waals surface area contributed by atoms with Crippen LogP contribution < -0.4 is 0 Å². The average molecular weight is 268 g/mol. The molecule has 0 saturated carbocycles. The fourth-order valence-corrected chi connectivity index (χ4v) is 2.76. The number of likely N-dealkylation sites (tertiary alicyclic amines) is 1. The summed E-state index contributed by atoms with van der Waals surface area (Å²) in [6.07, 6.45) is 2.57. The van der Waals surface area contributed by atoms with Crippen LogP contribution in [0.15, 0.2) is 0 Å². The van der Waals surface area contributed by atoms with Crippen LogP contribution in [0, 0.1) is 5.41 Å². The molecule has 0 aromatic carbocycles. The Labute approximate surface area is 114 Å². The van der Waals surface area contributed by atoms with Gasteiger partial charge in [-0.2, -0.15) is 0 Å². The van der Waals surface area contributed by atoms with Gasteiger partial charge in [0, 0.05) is 19.6 Å². The topological polar surface area (TPSA) is 49.9 Å². The van der Waals surface area contributed by atoms with E-state index in [1.807, 2.05) is 4.90 Å². The van der Waals surface area contributed by atoms with Crippen LogP contribution in [-0.4, -0.2) is 60.5 Å². The number of hydrogen-bond acceptors (Lipinski definition) is 3. The average Bonchev–Trinajstić information content (AvgIpc) is 2.85. The number of rotatable bonds is 2. The Bertz CT molecular complexity index is 351. The predicted octanol–water partition coefficient (Wildman–Crippen LogP) is 0.881. The van der Waals surface area contributed by atoms with Crippen LogP contribution in [0.5, 0.6) is 0 Å². The maximum atomic E-state index is 12.5. The first kappa shape index (κ1) is 14.3. The predicted molar refractivity (Wildman–Crippen MR) is 71.6 cm³/mol. The van der Waals surface area contributed by atoms with Gasteiger partial charge in [-0.1, -0.05) is 20.8 Å². The molecule has 2 aliphatic rings. The van der Waals surface area contributed by atoms with Gasteiger partial charge in [0.1, 0.15) is 6.04 Å². The standard InChI is InChI=1S/C14H24N2O3/c1-14(2,3)12-9-15(7-8-19-12)13(18)11-5-4-6-16(11)10-17/h10-12H,4-9H2,1-3H3/t11-,12+/m0/s1. The Morgan fingerprint density at radius 2 is 2.05 bits per heavy atom. The summed E-state index contributed by atoms with van der Waals surface area (Å²) in [4.78, 5) is 27.0. The van der Waals surface area contributed by atoms with Gasteiger partial charge in [-0.05, 0) is 18.3 Å². The van der Waals surface area contributed by atoms with E-state index < -0.39 is 0 Å². The lowest BCUT2D eigenvalue weighted by Crippen LogP contribution is -2.54. The number of carbonyl (C=O) groups is 2. The third-order valence-electron chi connectivity index (χ3n) is 4.06. The van der Waals surface area contributed by atoms with Crippen LogP contribution in [-0.2, 0) is 14.3 Å². The van der Waals surface area contributed by atoms with Gasteiger partial charge in [0.25, 0.3) is 0 Å². The summed E-state index contributed by atoms with van der Waals surface area (Å²) < 4.78 is 5.76. The monoisotopic (exact) mass is 268 g/mol. The van der Waals surface area contributed by atoms with Crippen molar-refractivity contribution >= 4 is 12.3 Å².